The second-order valence-electron chi connectivity index (χ2n) is 3.71. The van der Waals surface area contributed by atoms with E-state index in [-0.39, 0.29) is 19.0 Å². The van der Waals surface area contributed by atoms with Gasteiger partial charge in [-0.1, -0.05) is 6.07 Å². The normalized spacial score (nSPS) is 11.6. The van der Waals surface area contributed by atoms with E-state index in [2.05, 4.69) is 0 Å². The minimum atomic E-state index is -4.44. The molecule has 0 aliphatic heterocycles. The number of ether oxygens (including phenoxy) is 2. The Balaban J connectivity index is 2.94. The molecule has 0 saturated heterocycles. The standard InChI is InChI=1S/C12H16F3NO2/c1-17-6-7-18-11-3-2-9(4-5-16)8-10(11)12(13,14)15/h2-3,8H,4-7,16H2,1H3. The van der Waals surface area contributed by atoms with Gasteiger partial charge in [0.15, 0.2) is 0 Å². The van der Waals surface area contributed by atoms with E-state index in [0.717, 1.165) is 6.07 Å². The Hall–Kier alpha value is -1.27. The molecule has 0 bridgehead atoms. The van der Waals surface area contributed by atoms with Gasteiger partial charge in [0, 0.05) is 7.11 Å². The molecule has 0 aromatic heterocycles. The third kappa shape index (κ3) is 4.19. The first-order valence-electron chi connectivity index (χ1n) is 5.51. The van der Waals surface area contributed by atoms with Crippen molar-refractivity contribution in [1.82, 2.24) is 0 Å². The van der Waals surface area contributed by atoms with E-state index in [0.29, 0.717) is 18.5 Å². The van der Waals surface area contributed by atoms with Crippen molar-refractivity contribution in [2.75, 3.05) is 26.9 Å². The number of hydrogen-bond donors (Lipinski definition) is 1. The van der Waals surface area contributed by atoms with Gasteiger partial charge in [-0.3, -0.25) is 0 Å². The van der Waals surface area contributed by atoms with Crippen LogP contribution in [0.2, 0.25) is 0 Å². The molecule has 1 aromatic rings. The molecule has 0 fully saturated rings. The molecule has 1 aromatic carbocycles. The minimum Gasteiger partial charge on any atom is -0.491 e. The topological polar surface area (TPSA) is 44.5 Å². The van der Waals surface area contributed by atoms with Crippen molar-refractivity contribution in [2.45, 2.75) is 12.6 Å². The molecular weight excluding hydrogens is 247 g/mol. The van der Waals surface area contributed by atoms with Gasteiger partial charge >= 0.3 is 6.18 Å². The molecule has 2 N–H and O–H groups in total. The fourth-order valence-corrected chi connectivity index (χ4v) is 1.48. The largest absolute Gasteiger partial charge is 0.491 e. The number of methoxy groups -OCH3 is 1. The maximum Gasteiger partial charge on any atom is 0.419 e. The Labute approximate surface area is 104 Å². The Morgan fingerprint density at radius 3 is 2.50 bits per heavy atom. The lowest BCUT2D eigenvalue weighted by molar-refractivity contribution is -0.139. The highest BCUT2D eigenvalue weighted by atomic mass is 19.4. The first-order valence-corrected chi connectivity index (χ1v) is 5.51. The van der Waals surface area contributed by atoms with Crippen molar-refractivity contribution < 1.29 is 22.6 Å². The predicted molar refractivity (Wildman–Crippen MR) is 61.6 cm³/mol. The molecule has 0 aliphatic carbocycles. The average molecular weight is 263 g/mol. The fourth-order valence-electron chi connectivity index (χ4n) is 1.48. The van der Waals surface area contributed by atoms with Crippen LogP contribution < -0.4 is 10.5 Å². The van der Waals surface area contributed by atoms with Crippen LogP contribution >= 0.6 is 0 Å². The number of rotatable bonds is 6. The van der Waals surface area contributed by atoms with Gasteiger partial charge in [0.2, 0.25) is 0 Å². The third-order valence-electron chi connectivity index (χ3n) is 2.33. The van der Waals surface area contributed by atoms with Crippen LogP contribution in [0.15, 0.2) is 18.2 Å². The summed E-state index contributed by atoms with van der Waals surface area (Å²) in [6, 6.07) is 3.99. The summed E-state index contributed by atoms with van der Waals surface area (Å²) in [5.74, 6) is -0.180. The first-order chi connectivity index (χ1) is 8.49. The first kappa shape index (κ1) is 14.8. The molecule has 102 valence electrons. The van der Waals surface area contributed by atoms with Gasteiger partial charge in [-0.2, -0.15) is 13.2 Å². The van der Waals surface area contributed by atoms with Crippen molar-refractivity contribution in [3.63, 3.8) is 0 Å². The maximum atomic E-state index is 12.8. The molecule has 1 rings (SSSR count). The summed E-state index contributed by atoms with van der Waals surface area (Å²) >= 11 is 0. The monoisotopic (exact) mass is 263 g/mol. The van der Waals surface area contributed by atoms with E-state index in [1.165, 1.54) is 13.2 Å². The van der Waals surface area contributed by atoms with Gasteiger partial charge in [-0.15, -0.1) is 0 Å². The Morgan fingerprint density at radius 2 is 1.94 bits per heavy atom. The summed E-state index contributed by atoms with van der Waals surface area (Å²) in [6.45, 7) is 0.624. The number of nitrogens with two attached hydrogens (primary N) is 1. The van der Waals surface area contributed by atoms with Crippen LogP contribution in [-0.4, -0.2) is 26.9 Å². The highest BCUT2D eigenvalue weighted by Crippen LogP contribution is 2.36. The lowest BCUT2D eigenvalue weighted by atomic mass is 10.1. The van der Waals surface area contributed by atoms with Crippen molar-refractivity contribution in [2.24, 2.45) is 5.73 Å². The second-order valence-corrected chi connectivity index (χ2v) is 3.71. The van der Waals surface area contributed by atoms with E-state index < -0.39 is 11.7 Å². The van der Waals surface area contributed by atoms with Crippen molar-refractivity contribution in [3.05, 3.63) is 29.3 Å². The molecule has 0 aliphatic rings. The van der Waals surface area contributed by atoms with E-state index in [9.17, 15) is 13.2 Å². The molecule has 0 radical (unpaired) electrons. The van der Waals surface area contributed by atoms with E-state index in [1.807, 2.05) is 0 Å². The summed E-state index contributed by atoms with van der Waals surface area (Å²) in [5.41, 5.74) is 5.10. The molecule has 3 nitrogen and oxygen atoms in total. The highest BCUT2D eigenvalue weighted by molar-refractivity contribution is 5.39. The van der Waals surface area contributed by atoms with E-state index >= 15 is 0 Å². The third-order valence-corrected chi connectivity index (χ3v) is 2.33. The number of benzene rings is 1. The van der Waals surface area contributed by atoms with Gasteiger partial charge in [0.25, 0.3) is 0 Å². The van der Waals surface area contributed by atoms with Crippen LogP contribution in [-0.2, 0) is 17.3 Å². The number of alkyl halides is 3. The van der Waals surface area contributed by atoms with E-state index in [1.54, 1.807) is 6.07 Å². The molecule has 18 heavy (non-hydrogen) atoms. The maximum absolute atomic E-state index is 12.8. The summed E-state index contributed by atoms with van der Waals surface area (Å²) in [5, 5.41) is 0. The van der Waals surface area contributed by atoms with Gasteiger partial charge in [-0.05, 0) is 30.7 Å². The fraction of sp³-hybridized carbons (Fsp3) is 0.500. The SMILES string of the molecule is COCCOc1ccc(CCN)cc1C(F)(F)F. The van der Waals surface area contributed by atoms with Crippen molar-refractivity contribution >= 4 is 0 Å². The van der Waals surface area contributed by atoms with Gasteiger partial charge in [-0.25, -0.2) is 0 Å². The Bertz CT molecular complexity index is 380. The lowest BCUT2D eigenvalue weighted by Crippen LogP contribution is -2.12. The minimum absolute atomic E-state index is 0.0792. The summed E-state index contributed by atoms with van der Waals surface area (Å²) in [4.78, 5) is 0. The predicted octanol–water partition coefficient (Wildman–Crippen LogP) is 2.23. The zero-order chi connectivity index (χ0) is 13.6. The molecule has 0 spiro atoms. The molecule has 0 saturated carbocycles. The van der Waals surface area contributed by atoms with Crippen molar-refractivity contribution in [3.8, 4) is 5.75 Å². The molecule has 0 atom stereocenters. The number of halogens is 3. The summed E-state index contributed by atoms with van der Waals surface area (Å²) in [6.07, 6.45) is -4.03. The molecule has 0 unspecified atom stereocenters. The summed E-state index contributed by atoms with van der Waals surface area (Å²) < 4.78 is 48.3. The Morgan fingerprint density at radius 1 is 1.22 bits per heavy atom. The molecular formula is C12H16F3NO2. The van der Waals surface area contributed by atoms with Gasteiger partial charge in [0.1, 0.15) is 12.4 Å². The Kier molecular flexibility index (Phi) is 5.43. The van der Waals surface area contributed by atoms with Crippen LogP contribution in [0, 0.1) is 0 Å². The van der Waals surface area contributed by atoms with Gasteiger partial charge < -0.3 is 15.2 Å². The van der Waals surface area contributed by atoms with Crippen molar-refractivity contribution in [1.29, 1.82) is 0 Å². The lowest BCUT2D eigenvalue weighted by Gasteiger charge is -2.15. The highest BCUT2D eigenvalue weighted by Gasteiger charge is 2.34. The molecule has 6 heteroatoms. The van der Waals surface area contributed by atoms with Crippen LogP contribution in [0.25, 0.3) is 0 Å². The zero-order valence-electron chi connectivity index (χ0n) is 10.1. The van der Waals surface area contributed by atoms with Gasteiger partial charge in [0.05, 0.1) is 12.2 Å². The number of hydrogen-bond acceptors (Lipinski definition) is 3. The van der Waals surface area contributed by atoms with Crippen LogP contribution in [0.3, 0.4) is 0 Å². The average Bonchev–Trinajstić information content (AvgIpc) is 2.30. The van der Waals surface area contributed by atoms with Crippen LogP contribution in [0.5, 0.6) is 5.75 Å². The molecule has 0 heterocycles. The second kappa shape index (κ2) is 6.61. The zero-order valence-corrected chi connectivity index (χ0v) is 10.1. The van der Waals surface area contributed by atoms with Crippen LogP contribution in [0.4, 0.5) is 13.2 Å². The quantitative estimate of drug-likeness (QED) is 0.800. The molecule has 0 amide bonds. The van der Waals surface area contributed by atoms with Crippen LogP contribution in [0.1, 0.15) is 11.1 Å². The summed E-state index contributed by atoms with van der Waals surface area (Å²) in [7, 11) is 1.46. The smallest absolute Gasteiger partial charge is 0.419 e. The van der Waals surface area contributed by atoms with E-state index in [4.69, 9.17) is 15.2 Å².